The Morgan fingerprint density at radius 2 is 2.10 bits per heavy atom. The van der Waals surface area contributed by atoms with Crippen molar-refractivity contribution in [3.8, 4) is 5.75 Å². The van der Waals surface area contributed by atoms with E-state index in [-0.39, 0.29) is 6.10 Å². The number of aliphatic imine (C=N–C) groups is 1. The largest absolute Gasteiger partial charge is 0.497 e. The lowest BCUT2D eigenvalue weighted by molar-refractivity contribution is -0.00805. The maximum atomic E-state index is 5.98. The van der Waals surface area contributed by atoms with Crippen LogP contribution in [0.1, 0.15) is 24.2 Å². The molecule has 0 radical (unpaired) electrons. The molecule has 158 valence electrons. The minimum absolute atomic E-state index is 0.00644. The van der Waals surface area contributed by atoms with E-state index in [2.05, 4.69) is 52.6 Å². The normalized spacial score (nSPS) is 17.4. The smallest absolute Gasteiger partial charge is 0.194 e. The first-order valence-electron chi connectivity index (χ1n) is 10.4. The van der Waals surface area contributed by atoms with Crippen LogP contribution in [0, 0.1) is 0 Å². The molecule has 7 nitrogen and oxygen atoms in total. The van der Waals surface area contributed by atoms with Crippen LogP contribution in [0.15, 0.2) is 53.8 Å². The Bertz CT molecular complexity index is 1030. The SMILES string of the molecule is CCNC(=NCc1ccc2cc(OC)ccc2c1)N1CCOC(c2cnn(C)c2)C1. The summed E-state index contributed by atoms with van der Waals surface area (Å²) in [5.41, 5.74) is 2.28. The second kappa shape index (κ2) is 9.17. The van der Waals surface area contributed by atoms with Crippen LogP contribution in [0.2, 0.25) is 0 Å². The Kier molecular flexibility index (Phi) is 6.18. The summed E-state index contributed by atoms with van der Waals surface area (Å²) >= 11 is 0. The van der Waals surface area contributed by atoms with Crippen LogP contribution in [0.3, 0.4) is 0 Å². The summed E-state index contributed by atoms with van der Waals surface area (Å²) in [6.07, 6.45) is 3.90. The van der Waals surface area contributed by atoms with Crippen LogP contribution in [-0.4, -0.2) is 54.0 Å². The lowest BCUT2D eigenvalue weighted by Crippen LogP contribution is -2.48. The van der Waals surface area contributed by atoms with E-state index in [1.807, 2.05) is 30.2 Å². The predicted molar refractivity (Wildman–Crippen MR) is 119 cm³/mol. The van der Waals surface area contributed by atoms with Crippen molar-refractivity contribution in [2.45, 2.75) is 19.6 Å². The van der Waals surface area contributed by atoms with Crippen LogP contribution >= 0.6 is 0 Å². The Morgan fingerprint density at radius 3 is 2.87 bits per heavy atom. The lowest BCUT2D eigenvalue weighted by atomic mass is 10.1. The van der Waals surface area contributed by atoms with Gasteiger partial charge in [-0.1, -0.05) is 18.2 Å². The molecule has 1 N–H and O–H groups in total. The molecule has 1 atom stereocenters. The van der Waals surface area contributed by atoms with Gasteiger partial charge in [0.25, 0.3) is 0 Å². The highest BCUT2D eigenvalue weighted by Crippen LogP contribution is 2.23. The van der Waals surface area contributed by atoms with Gasteiger partial charge < -0.3 is 19.7 Å². The molecule has 0 amide bonds. The van der Waals surface area contributed by atoms with E-state index in [0.29, 0.717) is 13.2 Å². The van der Waals surface area contributed by atoms with Gasteiger partial charge in [-0.2, -0.15) is 5.10 Å². The second-order valence-electron chi connectivity index (χ2n) is 7.47. The zero-order chi connectivity index (χ0) is 20.9. The van der Waals surface area contributed by atoms with Crippen molar-refractivity contribution < 1.29 is 9.47 Å². The second-order valence-corrected chi connectivity index (χ2v) is 7.47. The topological polar surface area (TPSA) is 63.9 Å². The molecule has 2 heterocycles. The first kappa shape index (κ1) is 20.2. The predicted octanol–water partition coefficient (Wildman–Crippen LogP) is 3.12. The summed E-state index contributed by atoms with van der Waals surface area (Å²) in [5.74, 6) is 1.79. The Morgan fingerprint density at radius 1 is 1.27 bits per heavy atom. The van der Waals surface area contributed by atoms with Crippen LogP contribution in [-0.2, 0) is 18.3 Å². The Hall–Kier alpha value is -3.06. The number of methoxy groups -OCH3 is 1. The van der Waals surface area contributed by atoms with E-state index in [1.54, 1.807) is 7.11 Å². The molecule has 1 unspecified atom stereocenters. The summed E-state index contributed by atoms with van der Waals surface area (Å²) in [6, 6.07) is 12.6. The highest BCUT2D eigenvalue weighted by atomic mass is 16.5. The monoisotopic (exact) mass is 407 g/mol. The first-order valence-corrected chi connectivity index (χ1v) is 10.4. The van der Waals surface area contributed by atoms with Gasteiger partial charge in [0.15, 0.2) is 5.96 Å². The number of benzene rings is 2. The number of hydrogen-bond acceptors (Lipinski definition) is 4. The summed E-state index contributed by atoms with van der Waals surface area (Å²) in [6.45, 7) is 5.79. The highest BCUT2D eigenvalue weighted by Gasteiger charge is 2.25. The number of aryl methyl sites for hydroxylation is 1. The molecular weight excluding hydrogens is 378 g/mol. The average Bonchev–Trinajstić information content (AvgIpc) is 3.22. The molecule has 0 saturated carbocycles. The van der Waals surface area contributed by atoms with E-state index in [1.165, 1.54) is 16.3 Å². The molecular formula is C23H29N5O2. The number of ether oxygens (including phenoxy) is 2. The van der Waals surface area contributed by atoms with E-state index in [0.717, 1.165) is 36.9 Å². The lowest BCUT2D eigenvalue weighted by Gasteiger charge is -2.34. The summed E-state index contributed by atoms with van der Waals surface area (Å²) < 4.78 is 13.1. The molecule has 1 aromatic heterocycles. The van der Waals surface area contributed by atoms with Gasteiger partial charge in [0.1, 0.15) is 11.9 Å². The fourth-order valence-electron chi connectivity index (χ4n) is 3.74. The van der Waals surface area contributed by atoms with Crippen molar-refractivity contribution in [1.29, 1.82) is 0 Å². The maximum Gasteiger partial charge on any atom is 0.194 e. The van der Waals surface area contributed by atoms with Gasteiger partial charge in [0.05, 0.1) is 33.0 Å². The maximum absolute atomic E-state index is 5.98. The summed E-state index contributed by atoms with van der Waals surface area (Å²) in [7, 11) is 3.62. The number of fused-ring (bicyclic) bond motifs is 1. The van der Waals surface area contributed by atoms with Gasteiger partial charge in [-0.15, -0.1) is 0 Å². The van der Waals surface area contributed by atoms with Gasteiger partial charge in [-0.3, -0.25) is 4.68 Å². The van der Waals surface area contributed by atoms with E-state index in [9.17, 15) is 0 Å². The molecule has 1 aliphatic rings. The van der Waals surface area contributed by atoms with Gasteiger partial charge >= 0.3 is 0 Å². The minimum Gasteiger partial charge on any atom is -0.497 e. The number of rotatable bonds is 5. The van der Waals surface area contributed by atoms with Crippen molar-refractivity contribution in [2.75, 3.05) is 33.4 Å². The molecule has 1 fully saturated rings. The van der Waals surface area contributed by atoms with E-state index in [4.69, 9.17) is 14.5 Å². The number of guanidine groups is 1. The van der Waals surface area contributed by atoms with E-state index < -0.39 is 0 Å². The number of nitrogens with zero attached hydrogens (tertiary/aromatic N) is 4. The van der Waals surface area contributed by atoms with Gasteiger partial charge in [0, 0.05) is 31.9 Å². The third kappa shape index (κ3) is 4.57. The molecule has 0 aliphatic carbocycles. The third-order valence-corrected chi connectivity index (χ3v) is 5.32. The number of aromatic nitrogens is 2. The van der Waals surface area contributed by atoms with Gasteiger partial charge in [-0.25, -0.2) is 4.99 Å². The van der Waals surface area contributed by atoms with Crippen LogP contribution < -0.4 is 10.1 Å². The third-order valence-electron chi connectivity index (χ3n) is 5.32. The Labute approximate surface area is 177 Å². The average molecular weight is 408 g/mol. The molecule has 0 spiro atoms. The quantitative estimate of drug-likeness (QED) is 0.520. The number of hydrogen-bond donors (Lipinski definition) is 1. The first-order chi connectivity index (χ1) is 14.7. The molecule has 30 heavy (non-hydrogen) atoms. The van der Waals surface area contributed by atoms with Crippen molar-refractivity contribution >= 4 is 16.7 Å². The summed E-state index contributed by atoms with van der Waals surface area (Å²) in [5, 5.41) is 10.1. The summed E-state index contributed by atoms with van der Waals surface area (Å²) in [4.78, 5) is 7.19. The van der Waals surface area contributed by atoms with Crippen molar-refractivity contribution in [3.63, 3.8) is 0 Å². The van der Waals surface area contributed by atoms with Gasteiger partial charge in [0.2, 0.25) is 0 Å². The zero-order valence-electron chi connectivity index (χ0n) is 17.8. The van der Waals surface area contributed by atoms with Crippen LogP contribution in [0.5, 0.6) is 5.75 Å². The molecule has 1 saturated heterocycles. The fourth-order valence-corrected chi connectivity index (χ4v) is 3.74. The van der Waals surface area contributed by atoms with Gasteiger partial charge in [-0.05, 0) is 41.5 Å². The van der Waals surface area contributed by atoms with Crippen LogP contribution in [0.4, 0.5) is 0 Å². The van der Waals surface area contributed by atoms with Crippen LogP contribution in [0.25, 0.3) is 10.8 Å². The minimum atomic E-state index is 0.00644. The molecule has 0 bridgehead atoms. The van der Waals surface area contributed by atoms with E-state index >= 15 is 0 Å². The molecule has 2 aromatic carbocycles. The van der Waals surface area contributed by atoms with Crippen molar-refractivity contribution in [2.24, 2.45) is 12.0 Å². The molecule has 3 aromatic rings. The number of morpholine rings is 1. The van der Waals surface area contributed by atoms with Crippen molar-refractivity contribution in [3.05, 3.63) is 59.9 Å². The number of nitrogens with one attached hydrogen (secondary N) is 1. The zero-order valence-corrected chi connectivity index (χ0v) is 17.8. The fraction of sp³-hybridized carbons (Fsp3) is 0.391. The van der Waals surface area contributed by atoms with Crippen molar-refractivity contribution in [1.82, 2.24) is 20.0 Å². The molecule has 1 aliphatic heterocycles. The molecule has 7 heteroatoms. The Balaban J connectivity index is 1.50. The highest BCUT2D eigenvalue weighted by molar-refractivity contribution is 5.85. The molecule has 4 rings (SSSR count). The standard InChI is InChI=1S/C23H29N5O2/c1-4-24-23(28-9-10-30-22(16-28)20-14-26-27(2)15-20)25-13-17-5-6-19-12-21(29-3)8-7-18(19)11-17/h5-8,11-12,14-15,22H,4,9-10,13,16H2,1-3H3,(H,24,25).